The quantitative estimate of drug-likeness (QED) is 0.623. The second kappa shape index (κ2) is 8.18. The van der Waals surface area contributed by atoms with Crippen molar-refractivity contribution in [1.82, 2.24) is 5.32 Å². The number of nitrogens with one attached hydrogen (secondary N) is 1. The van der Waals surface area contributed by atoms with E-state index in [1.807, 2.05) is 30.3 Å². The minimum Gasteiger partial charge on any atom is -0.306 e. The summed E-state index contributed by atoms with van der Waals surface area (Å²) in [6, 6.07) is 28.4. The fourth-order valence-electron chi connectivity index (χ4n) is 2.88. The average Bonchev–Trinajstić information content (AvgIpc) is 2.67. The first kappa shape index (κ1) is 16.1. The Labute approximate surface area is 142 Å². The van der Waals surface area contributed by atoms with Crippen LogP contribution in [0.1, 0.15) is 22.7 Å². The number of nitrogens with zero attached hydrogens (tertiary/aromatic N) is 1. The van der Waals surface area contributed by atoms with Crippen molar-refractivity contribution in [3.8, 4) is 0 Å². The summed E-state index contributed by atoms with van der Waals surface area (Å²) in [4.78, 5) is 10.9. The van der Waals surface area contributed by atoms with Gasteiger partial charge in [-0.25, -0.2) is 0 Å². The molecule has 3 nitrogen and oxygen atoms in total. The molecule has 0 spiro atoms. The van der Waals surface area contributed by atoms with Crippen LogP contribution in [0.15, 0.2) is 90.1 Å². The fourth-order valence-corrected chi connectivity index (χ4v) is 2.88. The molecular weight excluding hydrogens is 296 g/mol. The predicted octanol–water partition coefficient (Wildman–Crippen LogP) is 5.01. The third kappa shape index (κ3) is 3.94. The summed E-state index contributed by atoms with van der Waals surface area (Å²) in [5, 5.41) is 6.72. The highest BCUT2D eigenvalue weighted by molar-refractivity contribution is 5.45. The van der Waals surface area contributed by atoms with Crippen molar-refractivity contribution in [2.24, 2.45) is 5.18 Å². The van der Waals surface area contributed by atoms with Crippen LogP contribution < -0.4 is 5.32 Å². The Morgan fingerprint density at radius 1 is 0.750 bits per heavy atom. The average molecular weight is 316 g/mol. The van der Waals surface area contributed by atoms with Gasteiger partial charge in [-0.1, -0.05) is 78.9 Å². The molecule has 0 aliphatic heterocycles. The molecule has 0 fully saturated rings. The minimum absolute atomic E-state index is 0.128. The van der Waals surface area contributed by atoms with Crippen molar-refractivity contribution in [3.63, 3.8) is 0 Å². The zero-order chi connectivity index (χ0) is 16.6. The van der Waals surface area contributed by atoms with Crippen LogP contribution in [0, 0.1) is 4.91 Å². The first-order valence-corrected chi connectivity index (χ1v) is 8.13. The standard InChI is InChI=1S/C21H20N2O/c24-23-20-14-8-7-9-17(20)15-16-22-21(18-10-3-1-4-11-18)19-12-5-2-6-13-19/h1-14,21-22H,15-16H2. The van der Waals surface area contributed by atoms with E-state index in [0.717, 1.165) is 18.5 Å². The van der Waals surface area contributed by atoms with E-state index >= 15 is 0 Å². The topological polar surface area (TPSA) is 41.5 Å². The molecule has 0 amide bonds. The largest absolute Gasteiger partial charge is 0.306 e. The Kier molecular flexibility index (Phi) is 5.48. The van der Waals surface area contributed by atoms with Crippen molar-refractivity contribution in [2.45, 2.75) is 12.5 Å². The molecule has 3 aromatic rings. The van der Waals surface area contributed by atoms with Gasteiger partial charge in [0.15, 0.2) is 0 Å². The van der Waals surface area contributed by atoms with Gasteiger partial charge < -0.3 is 5.32 Å². The van der Waals surface area contributed by atoms with Crippen LogP contribution in [0.2, 0.25) is 0 Å². The Balaban J connectivity index is 1.74. The molecule has 3 rings (SSSR count). The van der Waals surface area contributed by atoms with E-state index in [4.69, 9.17) is 0 Å². The lowest BCUT2D eigenvalue weighted by Gasteiger charge is -2.20. The zero-order valence-electron chi connectivity index (χ0n) is 13.4. The molecule has 0 aliphatic rings. The molecule has 0 aromatic heterocycles. The van der Waals surface area contributed by atoms with E-state index in [0.29, 0.717) is 5.69 Å². The molecule has 0 unspecified atom stereocenters. The summed E-state index contributed by atoms with van der Waals surface area (Å²) >= 11 is 0. The zero-order valence-corrected chi connectivity index (χ0v) is 13.4. The van der Waals surface area contributed by atoms with Gasteiger partial charge in [-0.2, -0.15) is 0 Å². The molecule has 0 radical (unpaired) electrons. The summed E-state index contributed by atoms with van der Waals surface area (Å²) in [6.45, 7) is 0.765. The summed E-state index contributed by atoms with van der Waals surface area (Å²) < 4.78 is 0. The highest BCUT2D eigenvalue weighted by Gasteiger charge is 2.13. The van der Waals surface area contributed by atoms with Crippen LogP contribution in [-0.4, -0.2) is 6.54 Å². The lowest BCUT2D eigenvalue weighted by Crippen LogP contribution is -2.24. The lowest BCUT2D eigenvalue weighted by atomic mass is 9.98. The number of hydrogen-bond donors (Lipinski definition) is 1. The number of hydrogen-bond acceptors (Lipinski definition) is 3. The van der Waals surface area contributed by atoms with Crippen molar-refractivity contribution in [3.05, 3.63) is 107 Å². The van der Waals surface area contributed by atoms with Gasteiger partial charge >= 0.3 is 0 Å². The van der Waals surface area contributed by atoms with E-state index in [2.05, 4.69) is 59.0 Å². The molecule has 0 saturated carbocycles. The van der Waals surface area contributed by atoms with Crippen molar-refractivity contribution >= 4 is 5.69 Å². The van der Waals surface area contributed by atoms with Crippen LogP contribution in [0.3, 0.4) is 0 Å². The Morgan fingerprint density at radius 2 is 1.29 bits per heavy atom. The van der Waals surface area contributed by atoms with Crippen LogP contribution >= 0.6 is 0 Å². The summed E-state index contributed by atoms with van der Waals surface area (Å²) in [7, 11) is 0. The van der Waals surface area contributed by atoms with Gasteiger partial charge in [0.05, 0.1) is 6.04 Å². The normalized spacial score (nSPS) is 10.7. The van der Waals surface area contributed by atoms with E-state index < -0.39 is 0 Å². The van der Waals surface area contributed by atoms with E-state index in [1.54, 1.807) is 6.07 Å². The van der Waals surface area contributed by atoms with Gasteiger partial charge in [-0.3, -0.25) is 0 Å². The molecule has 3 heteroatoms. The minimum atomic E-state index is 0.128. The van der Waals surface area contributed by atoms with Gasteiger partial charge in [-0.15, -0.1) is 4.91 Å². The summed E-state index contributed by atoms with van der Waals surface area (Å²) in [5.74, 6) is 0. The fraction of sp³-hybridized carbons (Fsp3) is 0.143. The van der Waals surface area contributed by atoms with Gasteiger partial charge in [-0.05, 0) is 34.4 Å². The maximum Gasteiger partial charge on any atom is 0.111 e. The molecule has 0 aliphatic carbocycles. The van der Waals surface area contributed by atoms with Crippen molar-refractivity contribution in [1.29, 1.82) is 0 Å². The second-order valence-electron chi connectivity index (χ2n) is 5.68. The highest BCUT2D eigenvalue weighted by Crippen LogP contribution is 2.23. The number of rotatable bonds is 7. The molecule has 0 saturated heterocycles. The van der Waals surface area contributed by atoms with Gasteiger partial charge in [0, 0.05) is 6.54 Å². The van der Waals surface area contributed by atoms with Crippen molar-refractivity contribution < 1.29 is 0 Å². The molecule has 120 valence electrons. The first-order chi connectivity index (χ1) is 11.9. The first-order valence-electron chi connectivity index (χ1n) is 8.13. The monoisotopic (exact) mass is 316 g/mol. The van der Waals surface area contributed by atoms with E-state index in [1.165, 1.54) is 11.1 Å². The Morgan fingerprint density at radius 3 is 1.88 bits per heavy atom. The predicted molar refractivity (Wildman–Crippen MR) is 98.3 cm³/mol. The third-order valence-corrected chi connectivity index (χ3v) is 4.10. The van der Waals surface area contributed by atoms with Gasteiger partial charge in [0.1, 0.15) is 5.69 Å². The molecule has 0 heterocycles. The van der Waals surface area contributed by atoms with E-state index in [-0.39, 0.29) is 6.04 Å². The van der Waals surface area contributed by atoms with Crippen LogP contribution in [0.5, 0.6) is 0 Å². The molecular formula is C21H20N2O. The summed E-state index contributed by atoms with van der Waals surface area (Å²) in [5.41, 5.74) is 3.95. The van der Waals surface area contributed by atoms with Gasteiger partial charge in [0.2, 0.25) is 0 Å². The molecule has 1 N–H and O–H groups in total. The number of nitroso groups, excluding NO2 is 1. The SMILES string of the molecule is O=Nc1ccccc1CCNC(c1ccccc1)c1ccccc1. The Hall–Kier alpha value is -2.78. The Bertz CT molecular complexity index is 733. The van der Waals surface area contributed by atoms with Gasteiger partial charge in [0.25, 0.3) is 0 Å². The second-order valence-corrected chi connectivity index (χ2v) is 5.68. The molecule has 3 aromatic carbocycles. The molecule has 0 bridgehead atoms. The van der Waals surface area contributed by atoms with Crippen LogP contribution in [0.4, 0.5) is 5.69 Å². The van der Waals surface area contributed by atoms with Crippen LogP contribution in [0.25, 0.3) is 0 Å². The smallest absolute Gasteiger partial charge is 0.111 e. The summed E-state index contributed by atoms with van der Waals surface area (Å²) in [6.07, 6.45) is 0.762. The maximum atomic E-state index is 10.9. The van der Waals surface area contributed by atoms with Crippen LogP contribution in [-0.2, 0) is 6.42 Å². The molecule has 24 heavy (non-hydrogen) atoms. The van der Waals surface area contributed by atoms with Crippen molar-refractivity contribution in [2.75, 3.05) is 6.54 Å². The van der Waals surface area contributed by atoms with E-state index in [9.17, 15) is 4.91 Å². The molecule has 0 atom stereocenters. The highest BCUT2D eigenvalue weighted by atomic mass is 16.3. The number of benzene rings is 3. The maximum absolute atomic E-state index is 10.9. The third-order valence-electron chi connectivity index (χ3n) is 4.10. The lowest BCUT2D eigenvalue weighted by molar-refractivity contribution is 0.606.